The summed E-state index contributed by atoms with van der Waals surface area (Å²) in [6.45, 7) is 6.05. The van der Waals surface area contributed by atoms with Gasteiger partial charge in [-0.25, -0.2) is 0 Å². The van der Waals surface area contributed by atoms with Crippen LogP contribution in [0.1, 0.15) is 33.9 Å². The number of benzene rings is 2. The molecule has 2 aromatic carbocycles. The highest BCUT2D eigenvalue weighted by Crippen LogP contribution is 2.31. The Bertz CT molecular complexity index is 575. The highest BCUT2D eigenvalue weighted by atomic mass is 35.5. The first-order valence-electron chi connectivity index (χ1n) is 6.01. The number of aryl methyl sites for hydroxylation is 3. The van der Waals surface area contributed by atoms with Gasteiger partial charge in [-0.1, -0.05) is 48.0 Å². The molecule has 0 radical (unpaired) electrons. The van der Waals surface area contributed by atoms with Gasteiger partial charge < -0.3 is 5.11 Å². The molecule has 18 heavy (non-hydrogen) atoms. The van der Waals surface area contributed by atoms with Crippen molar-refractivity contribution in [1.82, 2.24) is 0 Å². The Morgan fingerprint density at radius 2 is 1.67 bits per heavy atom. The van der Waals surface area contributed by atoms with Gasteiger partial charge in [-0.2, -0.15) is 0 Å². The quantitative estimate of drug-likeness (QED) is 0.851. The Balaban J connectivity index is 2.44. The maximum absolute atomic E-state index is 10.4. The third-order valence-corrected chi connectivity index (χ3v) is 3.88. The number of aliphatic hydroxyl groups excluding tert-OH is 1. The van der Waals surface area contributed by atoms with Gasteiger partial charge in [0.2, 0.25) is 0 Å². The molecule has 2 aromatic rings. The van der Waals surface area contributed by atoms with Gasteiger partial charge in [0.05, 0.1) is 0 Å². The Morgan fingerprint density at radius 1 is 0.944 bits per heavy atom. The zero-order valence-corrected chi connectivity index (χ0v) is 11.6. The van der Waals surface area contributed by atoms with E-state index in [9.17, 15) is 5.11 Å². The molecule has 0 aliphatic heterocycles. The fourth-order valence-corrected chi connectivity index (χ4v) is 2.22. The standard InChI is InChI=1S/C16H17ClO/c1-10-7-8-13(9-12(10)3)16(18)14-6-4-5-11(2)15(14)17/h4-9,16,18H,1-3H3. The predicted molar refractivity (Wildman–Crippen MR) is 76.2 cm³/mol. The molecule has 0 fully saturated rings. The smallest absolute Gasteiger partial charge is 0.106 e. The number of hydrogen-bond acceptors (Lipinski definition) is 1. The minimum Gasteiger partial charge on any atom is -0.384 e. The lowest BCUT2D eigenvalue weighted by Gasteiger charge is -2.15. The van der Waals surface area contributed by atoms with E-state index in [2.05, 4.69) is 6.92 Å². The van der Waals surface area contributed by atoms with E-state index in [4.69, 9.17) is 11.6 Å². The summed E-state index contributed by atoms with van der Waals surface area (Å²) in [5.74, 6) is 0. The van der Waals surface area contributed by atoms with Crippen LogP contribution < -0.4 is 0 Å². The summed E-state index contributed by atoms with van der Waals surface area (Å²) in [7, 11) is 0. The van der Waals surface area contributed by atoms with Crippen LogP contribution in [0.4, 0.5) is 0 Å². The van der Waals surface area contributed by atoms with Crippen LogP contribution in [0, 0.1) is 20.8 Å². The highest BCUT2D eigenvalue weighted by Gasteiger charge is 2.15. The predicted octanol–water partition coefficient (Wildman–Crippen LogP) is 4.35. The van der Waals surface area contributed by atoms with Gasteiger partial charge >= 0.3 is 0 Å². The summed E-state index contributed by atoms with van der Waals surface area (Å²) in [4.78, 5) is 0. The van der Waals surface area contributed by atoms with Crippen molar-refractivity contribution in [1.29, 1.82) is 0 Å². The second-order valence-corrected chi connectivity index (χ2v) is 5.10. The van der Waals surface area contributed by atoms with Crippen LogP contribution in [0.5, 0.6) is 0 Å². The van der Waals surface area contributed by atoms with Crippen molar-refractivity contribution in [3.8, 4) is 0 Å². The van der Waals surface area contributed by atoms with Crippen LogP contribution in [-0.2, 0) is 0 Å². The van der Waals surface area contributed by atoms with E-state index in [1.54, 1.807) is 0 Å². The molecule has 0 amide bonds. The molecule has 2 rings (SSSR count). The Morgan fingerprint density at radius 3 is 2.33 bits per heavy atom. The summed E-state index contributed by atoms with van der Waals surface area (Å²) in [6.07, 6.45) is -0.670. The Hall–Kier alpha value is -1.31. The molecule has 0 saturated heterocycles. The maximum Gasteiger partial charge on any atom is 0.106 e. The molecule has 0 aliphatic carbocycles. The Labute approximate surface area is 113 Å². The molecule has 0 saturated carbocycles. The molecule has 1 atom stereocenters. The second-order valence-electron chi connectivity index (χ2n) is 4.72. The molecule has 0 aliphatic rings. The average molecular weight is 261 g/mol. The second kappa shape index (κ2) is 5.13. The normalized spacial score (nSPS) is 12.5. The van der Waals surface area contributed by atoms with Gasteiger partial charge in [0.25, 0.3) is 0 Å². The van der Waals surface area contributed by atoms with E-state index in [1.807, 2.05) is 50.2 Å². The minimum atomic E-state index is -0.670. The first-order chi connectivity index (χ1) is 8.50. The summed E-state index contributed by atoms with van der Waals surface area (Å²) in [6, 6.07) is 11.7. The van der Waals surface area contributed by atoms with Gasteiger partial charge in [-0.3, -0.25) is 0 Å². The lowest BCUT2D eigenvalue weighted by atomic mass is 9.97. The number of aliphatic hydroxyl groups is 1. The van der Waals surface area contributed by atoms with Gasteiger partial charge in [-0.05, 0) is 43.0 Å². The molecular formula is C16H17ClO. The van der Waals surface area contributed by atoms with Gasteiger partial charge in [0, 0.05) is 10.6 Å². The van der Waals surface area contributed by atoms with Crippen molar-refractivity contribution in [2.45, 2.75) is 26.9 Å². The van der Waals surface area contributed by atoms with Crippen molar-refractivity contribution in [2.24, 2.45) is 0 Å². The molecule has 0 aromatic heterocycles. The summed E-state index contributed by atoms with van der Waals surface area (Å²) >= 11 is 6.25. The Kier molecular flexibility index (Phi) is 3.74. The highest BCUT2D eigenvalue weighted by molar-refractivity contribution is 6.32. The number of halogens is 1. The zero-order chi connectivity index (χ0) is 13.3. The van der Waals surface area contributed by atoms with Crippen molar-refractivity contribution in [2.75, 3.05) is 0 Å². The monoisotopic (exact) mass is 260 g/mol. The van der Waals surface area contributed by atoms with E-state index in [-0.39, 0.29) is 0 Å². The third-order valence-electron chi connectivity index (χ3n) is 3.36. The lowest BCUT2D eigenvalue weighted by molar-refractivity contribution is 0.220. The summed E-state index contributed by atoms with van der Waals surface area (Å²) in [5, 5.41) is 11.1. The molecular weight excluding hydrogens is 244 g/mol. The molecule has 1 nitrogen and oxygen atoms in total. The summed E-state index contributed by atoms with van der Waals surface area (Å²) < 4.78 is 0. The molecule has 2 heteroatoms. The topological polar surface area (TPSA) is 20.2 Å². The van der Waals surface area contributed by atoms with Crippen LogP contribution >= 0.6 is 11.6 Å². The molecule has 1 N–H and O–H groups in total. The van der Waals surface area contributed by atoms with Crippen LogP contribution in [0.2, 0.25) is 5.02 Å². The zero-order valence-electron chi connectivity index (χ0n) is 10.9. The fraction of sp³-hybridized carbons (Fsp3) is 0.250. The molecule has 0 spiro atoms. The number of hydrogen-bond donors (Lipinski definition) is 1. The lowest BCUT2D eigenvalue weighted by Crippen LogP contribution is -2.02. The van der Waals surface area contributed by atoms with Crippen LogP contribution in [0.25, 0.3) is 0 Å². The van der Waals surface area contributed by atoms with Crippen molar-refractivity contribution in [3.05, 3.63) is 69.2 Å². The van der Waals surface area contributed by atoms with E-state index in [0.29, 0.717) is 5.02 Å². The van der Waals surface area contributed by atoms with E-state index in [0.717, 1.165) is 16.7 Å². The SMILES string of the molecule is Cc1ccc(C(O)c2cccc(C)c2Cl)cc1C. The van der Waals surface area contributed by atoms with Crippen LogP contribution in [-0.4, -0.2) is 5.11 Å². The first-order valence-corrected chi connectivity index (χ1v) is 6.38. The minimum absolute atomic E-state index is 0.642. The van der Waals surface area contributed by atoms with Crippen molar-refractivity contribution >= 4 is 11.6 Å². The molecule has 0 heterocycles. The fourth-order valence-electron chi connectivity index (χ4n) is 2.00. The van der Waals surface area contributed by atoms with Gasteiger partial charge in [0.1, 0.15) is 6.10 Å². The maximum atomic E-state index is 10.4. The van der Waals surface area contributed by atoms with Crippen molar-refractivity contribution < 1.29 is 5.11 Å². The average Bonchev–Trinajstić information content (AvgIpc) is 2.35. The van der Waals surface area contributed by atoms with E-state index in [1.165, 1.54) is 11.1 Å². The van der Waals surface area contributed by atoms with Crippen LogP contribution in [0.15, 0.2) is 36.4 Å². The third kappa shape index (κ3) is 2.43. The first kappa shape index (κ1) is 13.1. The van der Waals surface area contributed by atoms with Gasteiger partial charge in [-0.15, -0.1) is 0 Å². The van der Waals surface area contributed by atoms with Gasteiger partial charge in [0.15, 0.2) is 0 Å². The largest absolute Gasteiger partial charge is 0.384 e. The summed E-state index contributed by atoms with van der Waals surface area (Å²) in [5.41, 5.74) is 5.03. The number of rotatable bonds is 2. The molecule has 94 valence electrons. The van der Waals surface area contributed by atoms with E-state index < -0.39 is 6.10 Å². The molecule has 0 bridgehead atoms. The van der Waals surface area contributed by atoms with E-state index >= 15 is 0 Å². The van der Waals surface area contributed by atoms with Crippen LogP contribution in [0.3, 0.4) is 0 Å². The van der Waals surface area contributed by atoms with Crippen molar-refractivity contribution in [3.63, 3.8) is 0 Å². The molecule has 1 unspecified atom stereocenters.